The monoisotopic (exact) mass is 259 g/mol. The Morgan fingerprint density at radius 3 is 2.33 bits per heavy atom. The number of hydrogen-bond acceptors (Lipinski definition) is 3. The van der Waals surface area contributed by atoms with E-state index in [0.29, 0.717) is 12.2 Å². The Bertz CT molecular complexity index is 343. The highest BCUT2D eigenvalue weighted by atomic mass is 19.3. The van der Waals surface area contributed by atoms with Crippen molar-refractivity contribution in [2.24, 2.45) is 0 Å². The molecular formula is C13H19F2NO2. The highest BCUT2D eigenvalue weighted by Crippen LogP contribution is 2.18. The summed E-state index contributed by atoms with van der Waals surface area (Å²) in [5, 5.41) is 9.90. The maximum atomic E-state index is 12.1. The second-order valence-corrected chi connectivity index (χ2v) is 4.13. The van der Waals surface area contributed by atoms with E-state index in [1.54, 1.807) is 31.3 Å². The molecule has 0 saturated carbocycles. The van der Waals surface area contributed by atoms with Gasteiger partial charge in [-0.25, -0.2) is 8.78 Å². The lowest BCUT2D eigenvalue weighted by atomic mass is 10.1. The third-order valence-electron chi connectivity index (χ3n) is 2.51. The summed E-state index contributed by atoms with van der Waals surface area (Å²) in [4.78, 5) is 1.41. The topological polar surface area (TPSA) is 32.7 Å². The van der Waals surface area contributed by atoms with Crippen LogP contribution in [-0.4, -0.2) is 43.2 Å². The lowest BCUT2D eigenvalue weighted by molar-refractivity contribution is 0.0680. The summed E-state index contributed by atoms with van der Waals surface area (Å²) in [7, 11) is 1.56. The molecule has 1 N–H and O–H groups in total. The van der Waals surface area contributed by atoms with Gasteiger partial charge in [0, 0.05) is 6.54 Å². The van der Waals surface area contributed by atoms with E-state index in [4.69, 9.17) is 4.74 Å². The molecule has 1 aromatic rings. The Morgan fingerprint density at radius 2 is 1.83 bits per heavy atom. The first kappa shape index (κ1) is 14.9. The zero-order valence-electron chi connectivity index (χ0n) is 10.6. The number of likely N-dealkylation sites (N-methyl/N-ethyl adjacent to an activating group) is 1. The molecule has 1 rings (SSSR count). The first-order valence-corrected chi connectivity index (χ1v) is 5.90. The fraction of sp³-hybridized carbons (Fsp3) is 0.538. The molecule has 1 aromatic carbocycles. The van der Waals surface area contributed by atoms with E-state index >= 15 is 0 Å². The van der Waals surface area contributed by atoms with Gasteiger partial charge < -0.3 is 9.84 Å². The van der Waals surface area contributed by atoms with Crippen LogP contribution in [0.25, 0.3) is 0 Å². The zero-order chi connectivity index (χ0) is 13.5. The fourth-order valence-electron chi connectivity index (χ4n) is 1.66. The molecule has 0 amide bonds. The van der Waals surface area contributed by atoms with Gasteiger partial charge in [0.25, 0.3) is 6.43 Å². The van der Waals surface area contributed by atoms with E-state index in [2.05, 4.69) is 0 Å². The summed E-state index contributed by atoms with van der Waals surface area (Å²) < 4.78 is 29.6. The summed E-state index contributed by atoms with van der Waals surface area (Å²) in [6.07, 6.45) is -3.16. The number of aliphatic hydroxyl groups excluding tert-OH is 1. The predicted octanol–water partition coefficient (Wildman–Crippen LogP) is 2.32. The highest BCUT2D eigenvalue weighted by molar-refractivity contribution is 5.28. The minimum atomic E-state index is -2.39. The molecule has 3 nitrogen and oxygen atoms in total. The van der Waals surface area contributed by atoms with Crippen molar-refractivity contribution in [1.29, 1.82) is 0 Å². The van der Waals surface area contributed by atoms with Crippen LogP contribution >= 0.6 is 0 Å². The fourth-order valence-corrected chi connectivity index (χ4v) is 1.66. The Morgan fingerprint density at radius 1 is 1.22 bits per heavy atom. The predicted molar refractivity (Wildman–Crippen MR) is 66.1 cm³/mol. The molecule has 0 aliphatic carbocycles. The van der Waals surface area contributed by atoms with Gasteiger partial charge in [-0.3, -0.25) is 4.90 Å². The van der Waals surface area contributed by atoms with Crippen molar-refractivity contribution in [3.63, 3.8) is 0 Å². The number of halogens is 2. The van der Waals surface area contributed by atoms with Gasteiger partial charge in [-0.1, -0.05) is 12.1 Å². The Labute approximate surface area is 106 Å². The maximum absolute atomic E-state index is 12.1. The Kier molecular flexibility index (Phi) is 6.01. The zero-order valence-corrected chi connectivity index (χ0v) is 10.6. The second-order valence-electron chi connectivity index (χ2n) is 4.13. The van der Waals surface area contributed by atoms with Crippen LogP contribution in [-0.2, 0) is 0 Å². The van der Waals surface area contributed by atoms with Crippen molar-refractivity contribution in [1.82, 2.24) is 4.90 Å². The SMILES string of the molecule is CCOc1ccc(C(O)CN(C)CC(F)F)cc1. The Hall–Kier alpha value is -1.20. The largest absolute Gasteiger partial charge is 0.494 e. The number of alkyl halides is 2. The lowest BCUT2D eigenvalue weighted by Gasteiger charge is -2.20. The maximum Gasteiger partial charge on any atom is 0.251 e. The molecular weight excluding hydrogens is 240 g/mol. The molecule has 0 fully saturated rings. The average Bonchev–Trinajstić information content (AvgIpc) is 2.29. The summed E-state index contributed by atoms with van der Waals surface area (Å²) in [6, 6.07) is 7.00. The summed E-state index contributed by atoms with van der Waals surface area (Å²) in [5.74, 6) is 0.731. The third-order valence-corrected chi connectivity index (χ3v) is 2.51. The van der Waals surface area contributed by atoms with Crippen LogP contribution in [0.4, 0.5) is 8.78 Å². The van der Waals surface area contributed by atoms with Crippen LogP contribution in [0.3, 0.4) is 0 Å². The standard InChI is InChI=1S/C13H19F2NO2/c1-3-18-11-6-4-10(5-7-11)12(17)8-16(2)9-13(14)15/h4-7,12-13,17H,3,8-9H2,1-2H3. The van der Waals surface area contributed by atoms with Gasteiger partial charge in [0.1, 0.15) is 5.75 Å². The summed E-state index contributed by atoms with van der Waals surface area (Å²) in [5.41, 5.74) is 0.694. The quantitative estimate of drug-likeness (QED) is 0.815. The van der Waals surface area contributed by atoms with Crippen molar-refractivity contribution < 1.29 is 18.6 Å². The molecule has 0 aliphatic rings. The molecule has 18 heavy (non-hydrogen) atoms. The van der Waals surface area contributed by atoms with Crippen molar-refractivity contribution in [3.8, 4) is 5.75 Å². The van der Waals surface area contributed by atoms with Crippen molar-refractivity contribution in [2.45, 2.75) is 19.5 Å². The van der Waals surface area contributed by atoms with Crippen LogP contribution in [0, 0.1) is 0 Å². The number of rotatable bonds is 7. The van der Waals surface area contributed by atoms with Crippen LogP contribution in [0.1, 0.15) is 18.6 Å². The van der Waals surface area contributed by atoms with Crippen LogP contribution in [0.5, 0.6) is 5.75 Å². The number of ether oxygens (including phenoxy) is 1. The van der Waals surface area contributed by atoms with Gasteiger partial charge in [0.15, 0.2) is 0 Å². The van der Waals surface area contributed by atoms with Gasteiger partial charge in [0.2, 0.25) is 0 Å². The molecule has 0 radical (unpaired) electrons. The average molecular weight is 259 g/mol. The molecule has 1 atom stereocenters. The number of aliphatic hydroxyl groups is 1. The molecule has 0 bridgehead atoms. The van der Waals surface area contributed by atoms with E-state index in [1.807, 2.05) is 6.92 Å². The molecule has 5 heteroatoms. The van der Waals surface area contributed by atoms with E-state index in [-0.39, 0.29) is 13.1 Å². The van der Waals surface area contributed by atoms with Crippen LogP contribution in [0.15, 0.2) is 24.3 Å². The van der Waals surface area contributed by atoms with Gasteiger partial charge in [-0.05, 0) is 31.7 Å². The van der Waals surface area contributed by atoms with Gasteiger partial charge >= 0.3 is 0 Å². The van der Waals surface area contributed by atoms with E-state index < -0.39 is 12.5 Å². The normalized spacial score (nSPS) is 13.1. The minimum Gasteiger partial charge on any atom is -0.494 e. The van der Waals surface area contributed by atoms with Crippen molar-refractivity contribution >= 4 is 0 Å². The van der Waals surface area contributed by atoms with E-state index in [0.717, 1.165) is 5.75 Å². The van der Waals surface area contributed by atoms with Crippen LogP contribution in [0.2, 0.25) is 0 Å². The number of benzene rings is 1. The lowest BCUT2D eigenvalue weighted by Crippen LogP contribution is -2.29. The minimum absolute atomic E-state index is 0.179. The second kappa shape index (κ2) is 7.28. The van der Waals surface area contributed by atoms with Gasteiger partial charge in [-0.2, -0.15) is 0 Å². The molecule has 102 valence electrons. The molecule has 0 aromatic heterocycles. The number of nitrogens with zero attached hydrogens (tertiary/aromatic N) is 1. The van der Waals surface area contributed by atoms with E-state index in [1.165, 1.54) is 4.90 Å². The first-order valence-electron chi connectivity index (χ1n) is 5.90. The molecule has 0 saturated heterocycles. The summed E-state index contributed by atoms with van der Waals surface area (Å²) >= 11 is 0. The van der Waals surface area contributed by atoms with E-state index in [9.17, 15) is 13.9 Å². The smallest absolute Gasteiger partial charge is 0.251 e. The summed E-state index contributed by atoms with van der Waals surface area (Å²) in [6.45, 7) is 2.31. The Balaban J connectivity index is 2.52. The van der Waals surface area contributed by atoms with Gasteiger partial charge in [-0.15, -0.1) is 0 Å². The third kappa shape index (κ3) is 4.98. The molecule has 0 spiro atoms. The molecule has 0 heterocycles. The number of hydrogen-bond donors (Lipinski definition) is 1. The highest BCUT2D eigenvalue weighted by Gasteiger charge is 2.14. The van der Waals surface area contributed by atoms with Crippen molar-refractivity contribution in [3.05, 3.63) is 29.8 Å². The van der Waals surface area contributed by atoms with Crippen molar-refractivity contribution in [2.75, 3.05) is 26.7 Å². The van der Waals surface area contributed by atoms with Crippen LogP contribution < -0.4 is 4.74 Å². The molecule has 0 aliphatic heterocycles. The first-order chi connectivity index (χ1) is 8.52. The van der Waals surface area contributed by atoms with Gasteiger partial charge in [0.05, 0.1) is 19.3 Å². The molecule has 1 unspecified atom stereocenters.